The van der Waals surface area contributed by atoms with Crippen molar-refractivity contribution in [2.75, 3.05) is 27.2 Å². The van der Waals surface area contributed by atoms with E-state index in [-0.39, 0.29) is 0 Å². The summed E-state index contributed by atoms with van der Waals surface area (Å²) >= 11 is 7.17. The van der Waals surface area contributed by atoms with E-state index < -0.39 is 0 Å². The van der Waals surface area contributed by atoms with Gasteiger partial charge in [0.25, 0.3) is 0 Å². The van der Waals surface area contributed by atoms with E-state index in [0.717, 1.165) is 27.7 Å². The van der Waals surface area contributed by atoms with Crippen molar-refractivity contribution in [1.29, 1.82) is 0 Å². The van der Waals surface area contributed by atoms with Crippen LogP contribution in [0.4, 0.5) is 0 Å². The first-order chi connectivity index (χ1) is 10.1. The smallest absolute Gasteiger partial charge is 0.137 e. The van der Waals surface area contributed by atoms with E-state index in [9.17, 15) is 0 Å². The van der Waals surface area contributed by atoms with E-state index in [1.807, 2.05) is 26.2 Å². The molecule has 2 aromatic rings. The third-order valence-electron chi connectivity index (χ3n) is 3.11. The summed E-state index contributed by atoms with van der Waals surface area (Å²) in [6.07, 6.45) is 0.857. The molecule has 0 aliphatic rings. The lowest BCUT2D eigenvalue weighted by Crippen LogP contribution is -2.20. The van der Waals surface area contributed by atoms with E-state index in [0.29, 0.717) is 6.61 Å². The largest absolute Gasteiger partial charge is 0.491 e. The Morgan fingerprint density at radius 3 is 2.43 bits per heavy atom. The summed E-state index contributed by atoms with van der Waals surface area (Å²) in [5, 5.41) is 0. The molecule has 0 aliphatic heterocycles. The number of ether oxygens (including phenoxy) is 1. The zero-order chi connectivity index (χ0) is 15.2. The number of hydrogen-bond donors (Lipinski definition) is 0. The molecule has 0 aliphatic carbocycles. The molecule has 112 valence electrons. The molecule has 0 bridgehead atoms. The molecule has 4 heteroatoms. The molecule has 2 nitrogen and oxygen atoms in total. The van der Waals surface area contributed by atoms with Crippen LogP contribution in [-0.4, -0.2) is 32.1 Å². The van der Waals surface area contributed by atoms with Gasteiger partial charge in [-0.05, 0) is 47.7 Å². The summed E-state index contributed by atoms with van der Waals surface area (Å²) in [7, 11) is 4.09. The summed E-state index contributed by atoms with van der Waals surface area (Å²) in [5.74, 6) is 0.934. The second-order valence-corrected chi connectivity index (χ2v) is 6.96. The third kappa shape index (κ3) is 5.13. The molecule has 2 aromatic carbocycles. The Bertz CT molecular complexity index is 585. The fourth-order valence-electron chi connectivity index (χ4n) is 2.05. The minimum absolute atomic E-state index is 0.676. The SMILES string of the molecule is CN(C)CCOc1c(Br)cc(Br)cc1Cc1ccccc1. The molecular formula is C17H19Br2NO. The summed E-state index contributed by atoms with van der Waals surface area (Å²) in [4.78, 5) is 2.11. The maximum absolute atomic E-state index is 6.00. The Hall–Kier alpha value is -0.840. The Kier molecular flexibility index (Phi) is 6.27. The molecule has 0 saturated carbocycles. The number of halogens is 2. The lowest BCUT2D eigenvalue weighted by Gasteiger charge is -2.16. The highest BCUT2D eigenvalue weighted by atomic mass is 79.9. The molecule has 0 heterocycles. The Labute approximate surface area is 143 Å². The van der Waals surface area contributed by atoms with Crippen LogP contribution >= 0.6 is 31.9 Å². The Morgan fingerprint density at radius 2 is 1.76 bits per heavy atom. The zero-order valence-corrected chi connectivity index (χ0v) is 15.4. The summed E-state index contributed by atoms with van der Waals surface area (Å²) in [6, 6.07) is 14.6. The van der Waals surface area contributed by atoms with Crippen LogP contribution in [0.15, 0.2) is 51.4 Å². The molecule has 0 fully saturated rings. The van der Waals surface area contributed by atoms with Crippen LogP contribution in [0, 0.1) is 0 Å². The van der Waals surface area contributed by atoms with Gasteiger partial charge in [-0.15, -0.1) is 0 Å². The quantitative estimate of drug-likeness (QED) is 0.679. The highest BCUT2D eigenvalue weighted by molar-refractivity contribution is 9.11. The van der Waals surface area contributed by atoms with Crippen molar-refractivity contribution in [1.82, 2.24) is 4.90 Å². The molecule has 2 rings (SSSR count). The van der Waals surface area contributed by atoms with Gasteiger partial charge in [-0.1, -0.05) is 46.3 Å². The van der Waals surface area contributed by atoms with E-state index in [2.05, 4.69) is 67.1 Å². The first-order valence-electron chi connectivity index (χ1n) is 6.85. The van der Waals surface area contributed by atoms with Gasteiger partial charge < -0.3 is 9.64 Å². The minimum Gasteiger partial charge on any atom is -0.491 e. The highest BCUT2D eigenvalue weighted by Gasteiger charge is 2.11. The van der Waals surface area contributed by atoms with Crippen LogP contribution in [-0.2, 0) is 6.42 Å². The molecule has 21 heavy (non-hydrogen) atoms. The van der Waals surface area contributed by atoms with Crippen LogP contribution in [0.3, 0.4) is 0 Å². The lowest BCUT2D eigenvalue weighted by molar-refractivity contribution is 0.258. The second-order valence-electron chi connectivity index (χ2n) is 5.19. The first-order valence-corrected chi connectivity index (χ1v) is 8.44. The predicted molar refractivity (Wildman–Crippen MR) is 95.1 cm³/mol. The monoisotopic (exact) mass is 411 g/mol. The van der Waals surface area contributed by atoms with Gasteiger partial charge in [0.2, 0.25) is 0 Å². The molecule has 0 radical (unpaired) electrons. The highest BCUT2D eigenvalue weighted by Crippen LogP contribution is 2.34. The fraction of sp³-hybridized carbons (Fsp3) is 0.294. The normalized spacial score (nSPS) is 10.9. The Balaban J connectivity index is 2.21. The van der Waals surface area contributed by atoms with E-state index in [4.69, 9.17) is 4.74 Å². The summed E-state index contributed by atoms with van der Waals surface area (Å²) < 4.78 is 8.04. The van der Waals surface area contributed by atoms with Crippen molar-refractivity contribution in [3.63, 3.8) is 0 Å². The average Bonchev–Trinajstić information content (AvgIpc) is 2.42. The van der Waals surface area contributed by atoms with Crippen molar-refractivity contribution in [3.05, 3.63) is 62.5 Å². The van der Waals surface area contributed by atoms with Gasteiger partial charge in [0.15, 0.2) is 0 Å². The molecule has 0 amide bonds. The fourth-order valence-corrected chi connectivity index (χ4v) is 3.48. The topological polar surface area (TPSA) is 12.5 Å². The molecule has 0 unspecified atom stereocenters. The van der Waals surface area contributed by atoms with Crippen molar-refractivity contribution in [2.45, 2.75) is 6.42 Å². The zero-order valence-electron chi connectivity index (χ0n) is 12.3. The van der Waals surface area contributed by atoms with Crippen molar-refractivity contribution < 1.29 is 4.74 Å². The van der Waals surface area contributed by atoms with Gasteiger partial charge in [0, 0.05) is 23.0 Å². The van der Waals surface area contributed by atoms with Crippen LogP contribution < -0.4 is 4.74 Å². The average molecular weight is 413 g/mol. The summed E-state index contributed by atoms with van der Waals surface area (Å²) in [5.41, 5.74) is 2.46. The summed E-state index contributed by atoms with van der Waals surface area (Å²) in [6.45, 7) is 1.57. The first kappa shape index (κ1) is 16.5. The number of nitrogens with zero attached hydrogens (tertiary/aromatic N) is 1. The maximum atomic E-state index is 6.00. The Morgan fingerprint density at radius 1 is 1.05 bits per heavy atom. The second kappa shape index (κ2) is 7.97. The van der Waals surface area contributed by atoms with Gasteiger partial charge in [0.05, 0.1) is 4.47 Å². The van der Waals surface area contributed by atoms with E-state index in [1.54, 1.807) is 0 Å². The molecule has 0 saturated heterocycles. The number of likely N-dealkylation sites (N-methyl/N-ethyl adjacent to an activating group) is 1. The minimum atomic E-state index is 0.676. The number of hydrogen-bond acceptors (Lipinski definition) is 2. The van der Waals surface area contributed by atoms with E-state index >= 15 is 0 Å². The van der Waals surface area contributed by atoms with Crippen LogP contribution in [0.25, 0.3) is 0 Å². The maximum Gasteiger partial charge on any atom is 0.137 e. The molecule has 0 atom stereocenters. The van der Waals surface area contributed by atoms with Gasteiger partial charge >= 0.3 is 0 Å². The number of benzene rings is 2. The van der Waals surface area contributed by atoms with Gasteiger partial charge in [-0.2, -0.15) is 0 Å². The van der Waals surface area contributed by atoms with Crippen molar-refractivity contribution in [3.8, 4) is 5.75 Å². The third-order valence-corrected chi connectivity index (χ3v) is 4.15. The van der Waals surface area contributed by atoms with Crippen LogP contribution in [0.2, 0.25) is 0 Å². The van der Waals surface area contributed by atoms with Crippen LogP contribution in [0.1, 0.15) is 11.1 Å². The lowest BCUT2D eigenvalue weighted by atomic mass is 10.0. The molecule has 0 spiro atoms. The van der Waals surface area contributed by atoms with E-state index in [1.165, 1.54) is 11.1 Å². The molecule has 0 aromatic heterocycles. The van der Waals surface area contributed by atoms with Crippen LogP contribution in [0.5, 0.6) is 5.75 Å². The van der Waals surface area contributed by atoms with Gasteiger partial charge in [0.1, 0.15) is 12.4 Å². The molecule has 0 N–H and O–H groups in total. The van der Waals surface area contributed by atoms with Gasteiger partial charge in [-0.25, -0.2) is 0 Å². The van der Waals surface area contributed by atoms with Crippen molar-refractivity contribution in [2.24, 2.45) is 0 Å². The van der Waals surface area contributed by atoms with Gasteiger partial charge in [-0.3, -0.25) is 0 Å². The predicted octanol–water partition coefficient (Wildman–Crippen LogP) is 4.74. The van der Waals surface area contributed by atoms with Crippen molar-refractivity contribution >= 4 is 31.9 Å². The molecular weight excluding hydrogens is 394 g/mol. The standard InChI is InChI=1S/C17H19Br2NO/c1-20(2)8-9-21-17-14(11-15(18)12-16(17)19)10-13-6-4-3-5-7-13/h3-7,11-12H,8-10H2,1-2H3. The number of rotatable bonds is 6.